The zero-order chi connectivity index (χ0) is 12.6. The number of rotatable bonds is 0. The van der Waals surface area contributed by atoms with Crippen LogP contribution in [0.2, 0.25) is 0 Å². The van der Waals surface area contributed by atoms with E-state index < -0.39 is 0 Å². The fourth-order valence-electron chi connectivity index (χ4n) is 1.35. The second-order valence-electron chi connectivity index (χ2n) is 3.28. The molecule has 1 heterocycles. The van der Waals surface area contributed by atoms with Crippen LogP contribution in [-0.2, 0) is 0 Å². The van der Waals surface area contributed by atoms with Crippen LogP contribution in [0.1, 0.15) is 5.56 Å². The summed E-state index contributed by atoms with van der Waals surface area (Å²) in [6.07, 6.45) is 0. The molecule has 1 aromatic carbocycles. The van der Waals surface area contributed by atoms with Gasteiger partial charge in [-0.25, -0.2) is 10.1 Å². The number of fused-ring (bicyclic) bond motifs is 1. The van der Waals surface area contributed by atoms with Crippen LogP contribution in [0.25, 0.3) is 4.85 Å². The molecule has 0 radical (unpaired) electrons. The smallest absolute Gasteiger partial charge is 0.282 e. The highest BCUT2D eigenvalue weighted by atomic mass is 32.2. The maximum absolute atomic E-state index is 9.86. The molecule has 0 aliphatic carbocycles. The van der Waals surface area contributed by atoms with Crippen LogP contribution in [0.15, 0.2) is 25.8 Å². The van der Waals surface area contributed by atoms with Crippen molar-refractivity contribution in [2.24, 2.45) is 0 Å². The summed E-state index contributed by atoms with van der Waals surface area (Å²) < 4.78 is 0.494. The summed E-state index contributed by atoms with van der Waals surface area (Å²) in [5, 5.41) is 28.4. The molecule has 0 fully saturated rings. The first kappa shape index (κ1) is 11.7. The fraction of sp³-hybridized carbons (Fsp3) is 0.0909. The van der Waals surface area contributed by atoms with Crippen molar-refractivity contribution < 1.29 is 10.2 Å². The van der Waals surface area contributed by atoms with E-state index in [1.165, 1.54) is 6.07 Å². The number of phenolic OH excluding ortho intramolecular Hbond substituents is 2. The van der Waals surface area contributed by atoms with Gasteiger partial charge in [-0.3, -0.25) is 0 Å². The lowest BCUT2D eigenvalue weighted by Crippen LogP contribution is -1.80. The number of phenols is 2. The molecule has 84 valence electrons. The summed E-state index contributed by atoms with van der Waals surface area (Å²) in [5.41, 5.74) is 0.546. The lowest BCUT2D eigenvalue weighted by atomic mass is 10.2. The van der Waals surface area contributed by atoms with Crippen LogP contribution in [0.3, 0.4) is 0 Å². The summed E-state index contributed by atoms with van der Waals surface area (Å²) in [5.74, 6) is 0.151. The molecule has 2 N–H and O–H groups in total. The minimum absolute atomic E-state index is 0.0207. The first-order chi connectivity index (χ1) is 8.08. The van der Waals surface area contributed by atoms with E-state index in [1.807, 2.05) is 0 Å². The van der Waals surface area contributed by atoms with Gasteiger partial charge in [0.05, 0.1) is 26.7 Å². The van der Waals surface area contributed by atoms with E-state index in [9.17, 15) is 10.2 Å². The van der Waals surface area contributed by atoms with Crippen molar-refractivity contribution in [1.29, 1.82) is 5.26 Å². The van der Waals surface area contributed by atoms with Gasteiger partial charge in [-0.1, -0.05) is 23.5 Å². The van der Waals surface area contributed by atoms with Crippen molar-refractivity contribution in [3.63, 3.8) is 0 Å². The highest BCUT2D eigenvalue weighted by Crippen LogP contribution is 2.59. The van der Waals surface area contributed by atoms with Gasteiger partial charge in [-0.15, -0.1) is 0 Å². The summed E-state index contributed by atoms with van der Waals surface area (Å²) >= 11 is 2.28. The standard InChI is InChI=1S/C11H6N2O2S2/c1-5-3-7(14)9-10(8(5)15)17-11(16-9)6(4-12)13-2/h3,14-15H,1H3/b11-6+. The van der Waals surface area contributed by atoms with Gasteiger partial charge in [0.15, 0.2) is 0 Å². The first-order valence-electron chi connectivity index (χ1n) is 4.51. The Morgan fingerprint density at radius 3 is 2.65 bits per heavy atom. The number of aryl methyl sites for hydroxylation is 1. The average molecular weight is 262 g/mol. The van der Waals surface area contributed by atoms with Gasteiger partial charge in [0.2, 0.25) is 0 Å². The molecule has 2 rings (SSSR count). The molecule has 0 saturated heterocycles. The molecular formula is C11H6N2O2S2. The maximum Gasteiger partial charge on any atom is 0.282 e. The van der Waals surface area contributed by atoms with Crippen molar-refractivity contribution >= 4 is 23.5 Å². The van der Waals surface area contributed by atoms with E-state index >= 15 is 0 Å². The van der Waals surface area contributed by atoms with Crippen LogP contribution < -0.4 is 0 Å². The van der Waals surface area contributed by atoms with Crippen LogP contribution in [0.4, 0.5) is 0 Å². The molecular weight excluding hydrogens is 256 g/mol. The predicted molar refractivity (Wildman–Crippen MR) is 65.5 cm³/mol. The van der Waals surface area contributed by atoms with Gasteiger partial charge in [-0.05, 0) is 18.6 Å². The Balaban J connectivity index is 2.60. The Morgan fingerprint density at radius 1 is 1.41 bits per heavy atom. The van der Waals surface area contributed by atoms with E-state index in [2.05, 4.69) is 4.85 Å². The largest absolute Gasteiger partial charge is 0.507 e. The Morgan fingerprint density at radius 2 is 2.06 bits per heavy atom. The van der Waals surface area contributed by atoms with Gasteiger partial charge in [0.1, 0.15) is 11.5 Å². The van der Waals surface area contributed by atoms with Gasteiger partial charge < -0.3 is 10.2 Å². The number of hydrogen-bond donors (Lipinski definition) is 2. The van der Waals surface area contributed by atoms with E-state index in [4.69, 9.17) is 11.8 Å². The van der Waals surface area contributed by atoms with Gasteiger partial charge in [0, 0.05) is 0 Å². The SMILES string of the molecule is [C-]#[N+]/C(C#N)=C1\Sc2c(O)cc(C)c(O)c2S1. The average Bonchev–Trinajstić information content (AvgIpc) is 2.73. The number of allylic oxidation sites excluding steroid dienone is 1. The number of hydrogen-bond acceptors (Lipinski definition) is 5. The molecule has 0 saturated carbocycles. The summed E-state index contributed by atoms with van der Waals surface area (Å²) in [6, 6.07) is 3.27. The predicted octanol–water partition coefficient (Wildman–Crippen LogP) is 3.22. The van der Waals surface area contributed by atoms with Crippen LogP contribution >= 0.6 is 23.5 Å². The van der Waals surface area contributed by atoms with E-state index in [0.29, 0.717) is 19.6 Å². The Kier molecular flexibility index (Phi) is 2.93. The Hall–Kier alpha value is -1.76. The number of aromatic hydroxyl groups is 2. The van der Waals surface area contributed by atoms with Crippen LogP contribution in [0, 0.1) is 24.8 Å². The van der Waals surface area contributed by atoms with E-state index in [1.54, 1.807) is 13.0 Å². The zero-order valence-electron chi connectivity index (χ0n) is 8.68. The van der Waals surface area contributed by atoms with Crippen LogP contribution in [0.5, 0.6) is 11.5 Å². The van der Waals surface area contributed by atoms with Crippen molar-refractivity contribution in [3.05, 3.63) is 33.0 Å². The van der Waals surface area contributed by atoms with E-state index in [-0.39, 0.29) is 17.2 Å². The third kappa shape index (κ3) is 1.82. The molecule has 1 aliphatic rings. The fourth-order valence-corrected chi connectivity index (χ4v) is 3.83. The molecule has 4 nitrogen and oxygen atoms in total. The van der Waals surface area contributed by atoms with Crippen molar-refractivity contribution in [2.75, 3.05) is 0 Å². The molecule has 0 amide bonds. The van der Waals surface area contributed by atoms with Gasteiger partial charge >= 0.3 is 0 Å². The third-order valence-corrected chi connectivity index (χ3v) is 4.79. The van der Waals surface area contributed by atoms with E-state index in [0.717, 1.165) is 23.5 Å². The van der Waals surface area contributed by atoms with Gasteiger partial charge in [0.25, 0.3) is 5.70 Å². The molecule has 0 unspecified atom stereocenters. The third-order valence-electron chi connectivity index (χ3n) is 2.18. The Bertz CT molecular complexity index is 608. The lowest BCUT2D eigenvalue weighted by molar-refractivity contribution is 0.432. The maximum atomic E-state index is 9.86. The van der Waals surface area contributed by atoms with Crippen molar-refractivity contribution in [3.8, 4) is 17.6 Å². The normalized spacial score (nSPS) is 15.9. The minimum Gasteiger partial charge on any atom is -0.507 e. The highest BCUT2D eigenvalue weighted by Gasteiger charge is 2.27. The van der Waals surface area contributed by atoms with Crippen LogP contribution in [-0.4, -0.2) is 10.2 Å². The number of benzene rings is 1. The summed E-state index contributed by atoms with van der Waals surface area (Å²) in [7, 11) is 0. The Labute approximate surface area is 106 Å². The summed E-state index contributed by atoms with van der Waals surface area (Å²) in [4.78, 5) is 4.13. The van der Waals surface area contributed by atoms with Crippen molar-refractivity contribution in [2.45, 2.75) is 16.7 Å². The van der Waals surface area contributed by atoms with Gasteiger partial charge in [-0.2, -0.15) is 0 Å². The quantitative estimate of drug-likeness (QED) is 0.427. The molecule has 0 spiro atoms. The monoisotopic (exact) mass is 262 g/mol. The second-order valence-corrected chi connectivity index (χ2v) is 5.58. The minimum atomic E-state index is -0.0207. The molecule has 0 bridgehead atoms. The summed E-state index contributed by atoms with van der Waals surface area (Å²) in [6.45, 7) is 8.56. The molecule has 17 heavy (non-hydrogen) atoms. The number of nitrogens with zero attached hydrogens (tertiary/aromatic N) is 2. The molecule has 1 aromatic rings. The first-order valence-corrected chi connectivity index (χ1v) is 6.14. The molecule has 0 aromatic heterocycles. The number of nitriles is 1. The molecule has 0 atom stereocenters. The molecule has 1 aliphatic heterocycles. The molecule has 6 heteroatoms. The van der Waals surface area contributed by atoms with Crippen molar-refractivity contribution in [1.82, 2.24) is 0 Å². The second kappa shape index (κ2) is 4.25. The topological polar surface area (TPSA) is 68.6 Å². The zero-order valence-corrected chi connectivity index (χ0v) is 10.3. The lowest BCUT2D eigenvalue weighted by Gasteiger charge is -2.05. The highest BCUT2D eigenvalue weighted by molar-refractivity contribution is 8.24. The number of thioether (sulfide) groups is 2.